The second kappa shape index (κ2) is 9.75. The lowest BCUT2D eigenvalue weighted by molar-refractivity contribution is -0.384. The van der Waals surface area contributed by atoms with Gasteiger partial charge in [0.25, 0.3) is 5.69 Å². The molecule has 0 bridgehead atoms. The first kappa shape index (κ1) is 23.8. The van der Waals surface area contributed by atoms with E-state index < -0.39 is 43.3 Å². The number of nitrogens with two attached hydrogens (primary N) is 1. The van der Waals surface area contributed by atoms with Crippen LogP contribution in [0.15, 0.2) is 59.8 Å². The van der Waals surface area contributed by atoms with Crippen molar-refractivity contribution in [3.05, 3.63) is 82.2 Å². The normalized spacial score (nSPS) is 12.2. The van der Waals surface area contributed by atoms with Crippen LogP contribution in [0.25, 0.3) is 0 Å². The molecule has 33 heavy (non-hydrogen) atoms. The van der Waals surface area contributed by atoms with Crippen molar-refractivity contribution >= 4 is 27.3 Å². The summed E-state index contributed by atoms with van der Waals surface area (Å²) < 4.78 is 38.3. The third-order valence-electron chi connectivity index (χ3n) is 4.77. The zero-order chi connectivity index (χ0) is 24.2. The molecule has 174 valence electrons. The minimum atomic E-state index is -4.11. The van der Waals surface area contributed by atoms with E-state index in [1.54, 1.807) is 30.1 Å². The number of carbonyl (C=O) groups excluding carboxylic acids is 1. The Kier molecular flexibility index (Phi) is 7.04. The van der Waals surface area contributed by atoms with E-state index in [1.165, 1.54) is 24.3 Å². The lowest BCUT2D eigenvalue weighted by Crippen LogP contribution is -2.32. The maximum absolute atomic E-state index is 13.8. The number of nitrogens with zero attached hydrogens (tertiary/aromatic N) is 3. The predicted molar refractivity (Wildman–Crippen MR) is 117 cm³/mol. The summed E-state index contributed by atoms with van der Waals surface area (Å²) in [5, 5.41) is 21.9. The molecule has 0 aliphatic rings. The van der Waals surface area contributed by atoms with Crippen LogP contribution in [0.5, 0.6) is 0 Å². The van der Waals surface area contributed by atoms with E-state index >= 15 is 0 Å². The summed E-state index contributed by atoms with van der Waals surface area (Å²) >= 11 is 0. The number of nitrogens with one attached hydrogen (secondary N) is 2. The van der Waals surface area contributed by atoms with E-state index in [2.05, 4.69) is 15.6 Å². The van der Waals surface area contributed by atoms with Crippen molar-refractivity contribution in [3.63, 3.8) is 0 Å². The fraction of sp³-hybridized carbons (Fsp3) is 0.200. The molecule has 0 aliphatic carbocycles. The summed E-state index contributed by atoms with van der Waals surface area (Å²) in [6.45, 7) is 0.0117. The van der Waals surface area contributed by atoms with Gasteiger partial charge < -0.3 is 15.2 Å². The minimum Gasteiger partial charge on any atom is -0.379 e. The van der Waals surface area contributed by atoms with Gasteiger partial charge in [0.05, 0.1) is 9.82 Å². The minimum absolute atomic E-state index is 0.0117. The van der Waals surface area contributed by atoms with Crippen molar-refractivity contribution in [2.45, 2.75) is 17.4 Å². The Morgan fingerprint density at radius 1 is 1.30 bits per heavy atom. The quantitative estimate of drug-likeness (QED) is 0.313. The summed E-state index contributed by atoms with van der Waals surface area (Å²) in [6, 6.07) is 8.25. The van der Waals surface area contributed by atoms with E-state index in [9.17, 15) is 27.7 Å². The highest BCUT2D eigenvalue weighted by Crippen LogP contribution is 2.27. The first-order valence-electron chi connectivity index (χ1n) is 9.63. The number of primary sulfonamides is 1. The van der Waals surface area contributed by atoms with E-state index in [-0.39, 0.29) is 18.7 Å². The second-order valence-electron chi connectivity index (χ2n) is 7.11. The fourth-order valence-corrected chi connectivity index (χ4v) is 3.70. The van der Waals surface area contributed by atoms with Gasteiger partial charge in [-0.1, -0.05) is 12.1 Å². The van der Waals surface area contributed by atoms with Gasteiger partial charge >= 0.3 is 0 Å². The molecular formula is C20H21FN6O5S. The zero-order valence-corrected chi connectivity index (χ0v) is 18.3. The molecule has 4 N–H and O–H groups in total. The summed E-state index contributed by atoms with van der Waals surface area (Å²) in [5.41, 5.74) is 0.0402. The largest absolute Gasteiger partial charge is 0.379 e. The maximum atomic E-state index is 13.8. The van der Waals surface area contributed by atoms with Crippen molar-refractivity contribution in [3.8, 4) is 0 Å². The van der Waals surface area contributed by atoms with Gasteiger partial charge in [0, 0.05) is 38.5 Å². The first-order chi connectivity index (χ1) is 15.6. The Morgan fingerprint density at radius 2 is 2.06 bits per heavy atom. The topological polar surface area (TPSA) is 162 Å². The summed E-state index contributed by atoms with van der Waals surface area (Å²) in [4.78, 5) is 27.0. The number of rotatable bonds is 9. The number of aromatic nitrogens is 2. The van der Waals surface area contributed by atoms with Crippen LogP contribution in [0.4, 0.5) is 15.8 Å². The Morgan fingerprint density at radius 3 is 2.67 bits per heavy atom. The van der Waals surface area contributed by atoms with Crippen LogP contribution >= 0.6 is 0 Å². The number of carbonyl (C=O) groups is 1. The average molecular weight is 476 g/mol. The fourth-order valence-electron chi connectivity index (χ4n) is 3.17. The predicted octanol–water partition coefficient (Wildman–Crippen LogP) is 1.82. The van der Waals surface area contributed by atoms with Crippen molar-refractivity contribution in [1.29, 1.82) is 0 Å². The molecule has 2 aromatic carbocycles. The number of amides is 1. The summed E-state index contributed by atoms with van der Waals surface area (Å²) in [7, 11) is -2.37. The molecule has 1 atom stereocenters. The van der Waals surface area contributed by atoms with Crippen LogP contribution in [-0.2, 0) is 21.9 Å². The molecule has 11 nitrogen and oxygen atoms in total. The molecule has 3 aromatic rings. The molecule has 0 saturated heterocycles. The second-order valence-corrected chi connectivity index (χ2v) is 8.67. The molecule has 13 heteroatoms. The van der Waals surface area contributed by atoms with E-state index in [4.69, 9.17) is 5.14 Å². The number of sulfonamides is 1. The lowest BCUT2D eigenvalue weighted by Gasteiger charge is -2.19. The number of imidazole rings is 1. The molecule has 3 rings (SSSR count). The maximum Gasteiger partial charge on any atom is 0.293 e. The highest BCUT2D eigenvalue weighted by atomic mass is 32.2. The van der Waals surface area contributed by atoms with Crippen LogP contribution in [-0.4, -0.2) is 35.3 Å². The van der Waals surface area contributed by atoms with Crippen LogP contribution in [0, 0.1) is 15.9 Å². The Bertz CT molecular complexity index is 1290. The Balaban J connectivity index is 1.71. The smallest absolute Gasteiger partial charge is 0.293 e. The number of nitro groups is 1. The summed E-state index contributed by atoms with van der Waals surface area (Å²) in [5.74, 6) is -0.377. The number of benzene rings is 2. The summed E-state index contributed by atoms with van der Waals surface area (Å²) in [6.07, 6.45) is 3.17. The van der Waals surface area contributed by atoms with Crippen LogP contribution < -0.4 is 15.8 Å². The Hall–Kier alpha value is -3.84. The average Bonchev–Trinajstić information content (AvgIpc) is 3.16. The van der Waals surface area contributed by atoms with Crippen LogP contribution in [0.1, 0.15) is 23.9 Å². The van der Waals surface area contributed by atoms with E-state index in [0.29, 0.717) is 11.4 Å². The standard InChI is InChI=1S/C20H21FN6O5S/c1-26-10-9-24-20(26)19(13-3-2-4-14(21)11-13)25-18(28)7-8-23-16-6-5-15(33(22,31)32)12-17(16)27(29)30/h2-6,9-12,19,23H,7-8H2,1H3,(H,25,28)(H2,22,31,32). The SMILES string of the molecule is Cn1ccnc1C(NC(=O)CCNc1ccc(S(N)(=O)=O)cc1[N+](=O)[O-])c1cccc(F)c1. The molecule has 1 heterocycles. The Labute approximate surface area is 188 Å². The van der Waals surface area contributed by atoms with Crippen molar-refractivity contribution < 1.29 is 22.5 Å². The number of hydrogen-bond donors (Lipinski definition) is 3. The van der Waals surface area contributed by atoms with Crippen molar-refractivity contribution in [1.82, 2.24) is 14.9 Å². The van der Waals surface area contributed by atoms with Gasteiger partial charge in [0.15, 0.2) is 0 Å². The monoisotopic (exact) mass is 476 g/mol. The molecule has 0 fully saturated rings. The molecular weight excluding hydrogens is 455 g/mol. The molecule has 0 saturated carbocycles. The van der Waals surface area contributed by atoms with E-state index in [1.807, 2.05) is 0 Å². The number of anilines is 1. The molecule has 0 spiro atoms. The number of halogens is 1. The van der Waals surface area contributed by atoms with Gasteiger partial charge in [-0.2, -0.15) is 0 Å². The molecule has 1 unspecified atom stereocenters. The highest BCUT2D eigenvalue weighted by Gasteiger charge is 2.22. The third-order valence-corrected chi connectivity index (χ3v) is 5.68. The highest BCUT2D eigenvalue weighted by molar-refractivity contribution is 7.89. The zero-order valence-electron chi connectivity index (χ0n) is 17.4. The molecule has 1 aromatic heterocycles. The number of aryl methyl sites for hydroxylation is 1. The van der Waals surface area contributed by atoms with Crippen molar-refractivity contribution in [2.75, 3.05) is 11.9 Å². The molecule has 0 aliphatic heterocycles. The van der Waals surface area contributed by atoms with Gasteiger partial charge in [-0.15, -0.1) is 0 Å². The van der Waals surface area contributed by atoms with Crippen LogP contribution in [0.2, 0.25) is 0 Å². The van der Waals surface area contributed by atoms with Gasteiger partial charge in [-0.3, -0.25) is 14.9 Å². The van der Waals surface area contributed by atoms with E-state index in [0.717, 1.165) is 12.1 Å². The number of hydrogen-bond acceptors (Lipinski definition) is 7. The van der Waals surface area contributed by atoms with Gasteiger partial charge in [0.2, 0.25) is 15.9 Å². The van der Waals surface area contributed by atoms with Gasteiger partial charge in [-0.25, -0.2) is 22.9 Å². The lowest BCUT2D eigenvalue weighted by atomic mass is 10.1. The molecule has 0 radical (unpaired) electrons. The van der Waals surface area contributed by atoms with Crippen molar-refractivity contribution in [2.24, 2.45) is 12.2 Å². The molecule has 1 amide bonds. The van der Waals surface area contributed by atoms with Crippen LogP contribution in [0.3, 0.4) is 0 Å². The van der Waals surface area contributed by atoms with Gasteiger partial charge in [0.1, 0.15) is 23.4 Å². The first-order valence-corrected chi connectivity index (χ1v) is 11.2. The number of nitro benzene ring substituents is 1. The van der Waals surface area contributed by atoms with Gasteiger partial charge in [-0.05, 0) is 29.8 Å². The third kappa shape index (κ3) is 5.90.